The lowest BCUT2D eigenvalue weighted by Gasteiger charge is -2.27. The minimum absolute atomic E-state index is 0.496. The SMILES string of the molecule is CC(C)(C)OC(=O)Nc1ccc(CN2CCNCC2)cc1Cl. The van der Waals surface area contributed by atoms with Gasteiger partial charge in [0.25, 0.3) is 0 Å². The molecule has 0 aliphatic carbocycles. The molecule has 1 aliphatic heterocycles. The summed E-state index contributed by atoms with van der Waals surface area (Å²) in [7, 11) is 0. The van der Waals surface area contributed by atoms with Gasteiger partial charge in [0.15, 0.2) is 0 Å². The number of halogens is 1. The number of amides is 1. The largest absolute Gasteiger partial charge is 0.444 e. The Morgan fingerprint density at radius 3 is 2.64 bits per heavy atom. The summed E-state index contributed by atoms with van der Waals surface area (Å²) in [5.74, 6) is 0. The molecule has 22 heavy (non-hydrogen) atoms. The number of piperazine rings is 1. The Bertz CT molecular complexity index is 523. The first-order valence-electron chi connectivity index (χ1n) is 7.55. The summed E-state index contributed by atoms with van der Waals surface area (Å²) >= 11 is 6.26. The molecule has 1 aromatic carbocycles. The van der Waals surface area contributed by atoms with E-state index in [0.29, 0.717) is 10.7 Å². The number of nitrogens with zero attached hydrogens (tertiary/aromatic N) is 1. The summed E-state index contributed by atoms with van der Waals surface area (Å²) in [5, 5.41) is 6.54. The minimum Gasteiger partial charge on any atom is -0.444 e. The molecule has 1 aromatic rings. The lowest BCUT2D eigenvalue weighted by molar-refractivity contribution is 0.0636. The Morgan fingerprint density at radius 2 is 2.05 bits per heavy atom. The Labute approximate surface area is 137 Å². The second-order valence-electron chi connectivity index (χ2n) is 6.47. The molecule has 2 rings (SSSR count). The fourth-order valence-electron chi connectivity index (χ4n) is 2.30. The number of nitrogens with one attached hydrogen (secondary N) is 2. The molecule has 0 unspecified atom stereocenters. The van der Waals surface area contributed by atoms with Crippen molar-refractivity contribution in [2.75, 3.05) is 31.5 Å². The topological polar surface area (TPSA) is 53.6 Å². The van der Waals surface area contributed by atoms with E-state index in [4.69, 9.17) is 16.3 Å². The van der Waals surface area contributed by atoms with Crippen LogP contribution < -0.4 is 10.6 Å². The van der Waals surface area contributed by atoms with E-state index in [1.165, 1.54) is 0 Å². The molecule has 1 fully saturated rings. The highest BCUT2D eigenvalue weighted by atomic mass is 35.5. The fourth-order valence-corrected chi connectivity index (χ4v) is 2.55. The number of anilines is 1. The van der Waals surface area contributed by atoms with E-state index in [9.17, 15) is 4.79 Å². The predicted molar refractivity (Wildman–Crippen MR) is 89.5 cm³/mol. The van der Waals surface area contributed by atoms with E-state index >= 15 is 0 Å². The number of carbonyl (C=O) groups is 1. The number of hydrogen-bond acceptors (Lipinski definition) is 4. The van der Waals surface area contributed by atoms with Crippen LogP contribution in [0.3, 0.4) is 0 Å². The zero-order valence-electron chi connectivity index (χ0n) is 13.4. The van der Waals surface area contributed by atoms with Gasteiger partial charge >= 0.3 is 6.09 Å². The van der Waals surface area contributed by atoms with Gasteiger partial charge in [-0.1, -0.05) is 17.7 Å². The molecule has 2 N–H and O–H groups in total. The van der Waals surface area contributed by atoms with E-state index in [2.05, 4.69) is 15.5 Å². The highest BCUT2D eigenvalue weighted by molar-refractivity contribution is 6.33. The first kappa shape index (κ1) is 17.1. The van der Waals surface area contributed by atoms with Crippen LogP contribution in [0.1, 0.15) is 26.3 Å². The maximum absolute atomic E-state index is 11.8. The van der Waals surface area contributed by atoms with Crippen LogP contribution in [0.25, 0.3) is 0 Å². The van der Waals surface area contributed by atoms with Crippen LogP contribution in [-0.4, -0.2) is 42.8 Å². The van der Waals surface area contributed by atoms with Gasteiger partial charge in [0.2, 0.25) is 0 Å². The van der Waals surface area contributed by atoms with Crippen LogP contribution in [0.2, 0.25) is 5.02 Å². The van der Waals surface area contributed by atoms with Gasteiger partial charge in [0.1, 0.15) is 5.60 Å². The maximum Gasteiger partial charge on any atom is 0.412 e. The third kappa shape index (κ3) is 5.48. The van der Waals surface area contributed by atoms with E-state index in [0.717, 1.165) is 38.3 Å². The van der Waals surface area contributed by atoms with E-state index in [1.807, 2.05) is 39.0 Å². The first-order chi connectivity index (χ1) is 10.3. The highest BCUT2D eigenvalue weighted by Gasteiger charge is 2.17. The molecule has 1 amide bonds. The lowest BCUT2D eigenvalue weighted by atomic mass is 10.2. The molecule has 122 valence electrons. The van der Waals surface area contributed by atoms with Gasteiger partial charge in [-0.15, -0.1) is 0 Å². The second-order valence-corrected chi connectivity index (χ2v) is 6.87. The molecular formula is C16H24ClN3O2. The van der Waals surface area contributed by atoms with E-state index < -0.39 is 11.7 Å². The van der Waals surface area contributed by atoms with Crippen LogP contribution in [0.15, 0.2) is 18.2 Å². The molecule has 1 aliphatic rings. The molecule has 0 saturated carbocycles. The van der Waals surface area contributed by atoms with Crippen LogP contribution in [0, 0.1) is 0 Å². The van der Waals surface area contributed by atoms with Crippen molar-refractivity contribution in [1.82, 2.24) is 10.2 Å². The zero-order valence-corrected chi connectivity index (χ0v) is 14.2. The van der Waals surface area contributed by atoms with Crippen LogP contribution in [0.5, 0.6) is 0 Å². The van der Waals surface area contributed by atoms with E-state index in [1.54, 1.807) is 0 Å². The zero-order chi connectivity index (χ0) is 16.2. The van der Waals surface area contributed by atoms with Crippen molar-refractivity contribution >= 4 is 23.4 Å². The van der Waals surface area contributed by atoms with Gasteiger partial charge in [0, 0.05) is 32.7 Å². The molecule has 5 nitrogen and oxygen atoms in total. The first-order valence-corrected chi connectivity index (χ1v) is 7.93. The van der Waals surface area contributed by atoms with Crippen molar-refractivity contribution in [3.63, 3.8) is 0 Å². The molecule has 6 heteroatoms. The molecule has 0 bridgehead atoms. The molecule has 1 heterocycles. The van der Waals surface area contributed by atoms with Crippen LogP contribution >= 0.6 is 11.6 Å². The maximum atomic E-state index is 11.8. The number of benzene rings is 1. The quantitative estimate of drug-likeness (QED) is 0.896. The number of rotatable bonds is 3. The Hall–Kier alpha value is -1.30. The molecule has 0 atom stereocenters. The summed E-state index contributed by atoms with van der Waals surface area (Å²) in [6, 6.07) is 5.71. The summed E-state index contributed by atoms with van der Waals surface area (Å²) < 4.78 is 5.22. The summed E-state index contributed by atoms with van der Waals surface area (Å²) in [5.41, 5.74) is 1.18. The smallest absolute Gasteiger partial charge is 0.412 e. The van der Waals surface area contributed by atoms with Crippen LogP contribution in [0.4, 0.5) is 10.5 Å². The highest BCUT2D eigenvalue weighted by Crippen LogP contribution is 2.24. The van der Waals surface area contributed by atoms with Crippen LogP contribution in [-0.2, 0) is 11.3 Å². The normalized spacial score (nSPS) is 16.4. The number of carbonyl (C=O) groups excluding carboxylic acids is 1. The summed E-state index contributed by atoms with van der Waals surface area (Å²) in [6.07, 6.45) is -0.496. The third-order valence-electron chi connectivity index (χ3n) is 3.28. The van der Waals surface area contributed by atoms with Crippen molar-refractivity contribution in [2.45, 2.75) is 32.9 Å². The average molecular weight is 326 g/mol. The van der Waals surface area contributed by atoms with Gasteiger partial charge < -0.3 is 10.1 Å². The summed E-state index contributed by atoms with van der Waals surface area (Å²) in [4.78, 5) is 14.2. The average Bonchev–Trinajstić information content (AvgIpc) is 2.41. The monoisotopic (exact) mass is 325 g/mol. The van der Waals surface area contributed by atoms with Crippen molar-refractivity contribution < 1.29 is 9.53 Å². The second kappa shape index (κ2) is 7.31. The molecule has 1 saturated heterocycles. The van der Waals surface area contributed by atoms with Gasteiger partial charge in [-0.05, 0) is 38.5 Å². The van der Waals surface area contributed by atoms with E-state index in [-0.39, 0.29) is 0 Å². The van der Waals surface area contributed by atoms with Gasteiger partial charge in [0.05, 0.1) is 10.7 Å². The number of hydrogen-bond donors (Lipinski definition) is 2. The minimum atomic E-state index is -0.529. The Morgan fingerprint density at radius 1 is 1.36 bits per heavy atom. The molecule has 0 radical (unpaired) electrons. The standard InChI is InChI=1S/C16H24ClN3O2/c1-16(2,3)22-15(21)19-14-5-4-12(10-13(14)17)11-20-8-6-18-7-9-20/h4-5,10,18H,6-9,11H2,1-3H3,(H,19,21). The fraction of sp³-hybridized carbons (Fsp3) is 0.562. The third-order valence-corrected chi connectivity index (χ3v) is 3.60. The van der Waals surface area contributed by atoms with Crippen molar-refractivity contribution in [3.05, 3.63) is 28.8 Å². The van der Waals surface area contributed by atoms with Crippen molar-refractivity contribution in [2.24, 2.45) is 0 Å². The van der Waals surface area contributed by atoms with Gasteiger partial charge in [-0.25, -0.2) is 4.79 Å². The predicted octanol–water partition coefficient (Wildman–Crippen LogP) is 3.09. The van der Waals surface area contributed by atoms with Crippen molar-refractivity contribution in [3.8, 4) is 0 Å². The molecule has 0 aromatic heterocycles. The Kier molecular flexibility index (Phi) is 5.67. The molecular weight excluding hydrogens is 302 g/mol. The number of ether oxygens (including phenoxy) is 1. The van der Waals surface area contributed by atoms with Gasteiger partial charge in [-0.2, -0.15) is 0 Å². The molecule has 0 spiro atoms. The lowest BCUT2D eigenvalue weighted by Crippen LogP contribution is -2.42. The van der Waals surface area contributed by atoms with Crippen molar-refractivity contribution in [1.29, 1.82) is 0 Å². The van der Waals surface area contributed by atoms with Gasteiger partial charge in [-0.3, -0.25) is 10.2 Å². The summed E-state index contributed by atoms with van der Waals surface area (Å²) in [6.45, 7) is 10.5. The Balaban J connectivity index is 1.95.